The number of rotatable bonds is 2. The molecular formula is C16H26N2O3. The molecular weight excluding hydrogens is 268 g/mol. The summed E-state index contributed by atoms with van der Waals surface area (Å²) in [6.45, 7) is 7.78. The fraction of sp³-hybridized carbons (Fsp3) is 0.875. The second-order valence-corrected chi connectivity index (χ2v) is 7.22. The summed E-state index contributed by atoms with van der Waals surface area (Å²) < 4.78 is 5.73. The van der Waals surface area contributed by atoms with E-state index in [4.69, 9.17) is 4.74 Å². The lowest BCUT2D eigenvalue weighted by molar-refractivity contribution is -0.153. The van der Waals surface area contributed by atoms with Crippen LogP contribution in [0.5, 0.6) is 0 Å². The van der Waals surface area contributed by atoms with Crippen molar-refractivity contribution in [1.82, 2.24) is 10.2 Å². The highest BCUT2D eigenvalue weighted by molar-refractivity contribution is 6.35. The van der Waals surface area contributed by atoms with E-state index in [1.54, 1.807) is 4.90 Å². The standard InChI is InChI=1S/C16H26N2O3/c1-4-10-6-5-8-18(10)15(20)14(19)17-12-11-7-9-21-13(11)16(12,2)3/h10-13H,4-9H2,1-3H3,(H,17,19)/t10-,11-,12-,13-/m1/s1. The highest BCUT2D eigenvalue weighted by Crippen LogP contribution is 2.52. The maximum atomic E-state index is 12.4. The Kier molecular flexibility index (Phi) is 3.72. The van der Waals surface area contributed by atoms with Crippen molar-refractivity contribution in [2.45, 2.75) is 64.6 Å². The third-order valence-electron chi connectivity index (χ3n) is 5.69. The summed E-state index contributed by atoms with van der Waals surface area (Å²) in [4.78, 5) is 26.5. The Morgan fingerprint density at radius 2 is 2.10 bits per heavy atom. The van der Waals surface area contributed by atoms with Gasteiger partial charge >= 0.3 is 11.8 Å². The van der Waals surface area contributed by atoms with Crippen molar-refractivity contribution in [2.75, 3.05) is 13.2 Å². The zero-order valence-electron chi connectivity index (χ0n) is 13.2. The lowest BCUT2D eigenvalue weighted by atomic mass is 9.57. The van der Waals surface area contributed by atoms with Gasteiger partial charge in [0.2, 0.25) is 0 Å². The van der Waals surface area contributed by atoms with Crippen LogP contribution in [0.1, 0.15) is 46.5 Å². The van der Waals surface area contributed by atoms with Crippen LogP contribution in [0.2, 0.25) is 0 Å². The summed E-state index contributed by atoms with van der Waals surface area (Å²) in [5.41, 5.74) is -0.0771. The number of hydrogen-bond acceptors (Lipinski definition) is 3. The van der Waals surface area contributed by atoms with Crippen LogP contribution in [0, 0.1) is 11.3 Å². The Hall–Kier alpha value is -1.10. The van der Waals surface area contributed by atoms with Gasteiger partial charge in [-0.2, -0.15) is 0 Å². The van der Waals surface area contributed by atoms with Crippen LogP contribution in [-0.4, -0.2) is 48.1 Å². The summed E-state index contributed by atoms with van der Waals surface area (Å²) in [5.74, 6) is -0.409. The molecule has 0 bridgehead atoms. The number of carbonyl (C=O) groups excluding carboxylic acids is 2. The van der Waals surface area contributed by atoms with Crippen molar-refractivity contribution < 1.29 is 14.3 Å². The van der Waals surface area contributed by atoms with E-state index in [9.17, 15) is 9.59 Å². The first-order valence-corrected chi connectivity index (χ1v) is 8.20. The Bertz CT molecular complexity index is 449. The Balaban J connectivity index is 1.62. The van der Waals surface area contributed by atoms with Crippen LogP contribution >= 0.6 is 0 Å². The van der Waals surface area contributed by atoms with E-state index in [0.717, 1.165) is 32.3 Å². The van der Waals surface area contributed by atoms with Gasteiger partial charge < -0.3 is 15.0 Å². The molecule has 1 saturated carbocycles. The summed E-state index contributed by atoms with van der Waals surface area (Å²) in [5, 5.41) is 2.99. The molecule has 0 unspecified atom stereocenters. The molecule has 21 heavy (non-hydrogen) atoms. The molecule has 2 aliphatic heterocycles. The number of fused-ring (bicyclic) bond motifs is 1. The molecule has 3 rings (SSSR count). The zero-order valence-corrected chi connectivity index (χ0v) is 13.2. The monoisotopic (exact) mass is 294 g/mol. The molecule has 1 aliphatic carbocycles. The minimum atomic E-state index is -0.432. The fourth-order valence-electron chi connectivity index (χ4n) is 4.48. The molecule has 2 amide bonds. The van der Waals surface area contributed by atoms with Crippen LogP contribution < -0.4 is 5.32 Å². The fourth-order valence-corrected chi connectivity index (χ4v) is 4.48. The minimum absolute atomic E-state index is 0.0594. The van der Waals surface area contributed by atoms with Gasteiger partial charge in [-0.3, -0.25) is 9.59 Å². The van der Waals surface area contributed by atoms with E-state index in [-0.39, 0.29) is 29.5 Å². The largest absolute Gasteiger partial charge is 0.377 e. The summed E-state index contributed by atoms with van der Waals surface area (Å²) in [6, 6.07) is 0.296. The predicted octanol–water partition coefficient (Wildman–Crippen LogP) is 1.32. The molecule has 0 aromatic rings. The van der Waals surface area contributed by atoms with Crippen LogP contribution in [0.4, 0.5) is 0 Å². The molecule has 5 nitrogen and oxygen atoms in total. The molecule has 0 radical (unpaired) electrons. The maximum absolute atomic E-state index is 12.4. The highest BCUT2D eigenvalue weighted by Gasteiger charge is 2.60. The van der Waals surface area contributed by atoms with Crippen molar-refractivity contribution in [3.63, 3.8) is 0 Å². The Labute approximate surface area is 126 Å². The SMILES string of the molecule is CC[C@@H]1CCCN1C(=O)C(=O)N[C@@H]1[C@H]2CCO[C@H]2C1(C)C. The highest BCUT2D eigenvalue weighted by atomic mass is 16.5. The van der Waals surface area contributed by atoms with E-state index < -0.39 is 5.91 Å². The third kappa shape index (κ3) is 2.26. The number of amides is 2. The first-order chi connectivity index (χ1) is 9.96. The summed E-state index contributed by atoms with van der Waals surface area (Å²) in [6.07, 6.45) is 4.16. The van der Waals surface area contributed by atoms with E-state index >= 15 is 0 Å². The van der Waals surface area contributed by atoms with Gasteiger partial charge in [-0.1, -0.05) is 20.8 Å². The Morgan fingerprint density at radius 1 is 1.33 bits per heavy atom. The number of carbonyl (C=O) groups is 2. The second kappa shape index (κ2) is 5.27. The number of hydrogen-bond donors (Lipinski definition) is 1. The average Bonchev–Trinajstić information content (AvgIpc) is 3.10. The van der Waals surface area contributed by atoms with E-state index in [1.165, 1.54) is 0 Å². The van der Waals surface area contributed by atoms with Gasteiger partial charge in [0.05, 0.1) is 6.10 Å². The van der Waals surface area contributed by atoms with Gasteiger partial charge in [-0.15, -0.1) is 0 Å². The van der Waals surface area contributed by atoms with Crippen LogP contribution in [0.15, 0.2) is 0 Å². The first-order valence-electron chi connectivity index (χ1n) is 8.20. The van der Waals surface area contributed by atoms with Crippen LogP contribution in [0.25, 0.3) is 0 Å². The molecule has 1 N–H and O–H groups in total. The lowest BCUT2D eigenvalue weighted by Gasteiger charge is -2.54. The zero-order chi connectivity index (χ0) is 15.2. The van der Waals surface area contributed by atoms with Gasteiger partial charge in [-0.05, 0) is 25.7 Å². The quantitative estimate of drug-likeness (QED) is 0.781. The third-order valence-corrected chi connectivity index (χ3v) is 5.69. The molecule has 118 valence electrons. The minimum Gasteiger partial charge on any atom is -0.377 e. The molecule has 5 heteroatoms. The molecule has 0 aromatic heterocycles. The van der Waals surface area contributed by atoms with Crippen molar-refractivity contribution in [3.8, 4) is 0 Å². The summed E-state index contributed by atoms with van der Waals surface area (Å²) in [7, 11) is 0. The molecule has 2 saturated heterocycles. The van der Waals surface area contributed by atoms with Crippen molar-refractivity contribution in [2.24, 2.45) is 11.3 Å². The van der Waals surface area contributed by atoms with Crippen LogP contribution in [0.3, 0.4) is 0 Å². The first kappa shape index (κ1) is 14.8. The Morgan fingerprint density at radius 3 is 2.81 bits per heavy atom. The van der Waals surface area contributed by atoms with E-state index in [2.05, 4.69) is 26.1 Å². The van der Waals surface area contributed by atoms with E-state index in [0.29, 0.717) is 12.5 Å². The van der Waals surface area contributed by atoms with Crippen molar-refractivity contribution >= 4 is 11.8 Å². The molecule has 3 fully saturated rings. The normalized spacial score (nSPS) is 37.0. The van der Waals surface area contributed by atoms with Gasteiger partial charge in [0.25, 0.3) is 0 Å². The van der Waals surface area contributed by atoms with Crippen molar-refractivity contribution in [1.29, 1.82) is 0 Å². The maximum Gasteiger partial charge on any atom is 0.312 e. The van der Waals surface area contributed by atoms with Gasteiger partial charge in [0, 0.05) is 36.6 Å². The molecule has 0 spiro atoms. The van der Waals surface area contributed by atoms with Crippen LogP contribution in [-0.2, 0) is 14.3 Å². The average molecular weight is 294 g/mol. The second-order valence-electron chi connectivity index (χ2n) is 7.22. The predicted molar refractivity (Wildman–Crippen MR) is 78.6 cm³/mol. The number of likely N-dealkylation sites (tertiary alicyclic amines) is 1. The van der Waals surface area contributed by atoms with Gasteiger partial charge in [-0.25, -0.2) is 0 Å². The van der Waals surface area contributed by atoms with Gasteiger partial charge in [0.15, 0.2) is 0 Å². The molecule has 2 heterocycles. The van der Waals surface area contributed by atoms with Gasteiger partial charge in [0.1, 0.15) is 0 Å². The lowest BCUT2D eigenvalue weighted by Crippen LogP contribution is -2.68. The van der Waals surface area contributed by atoms with E-state index in [1.807, 2.05) is 0 Å². The molecule has 0 aromatic carbocycles. The van der Waals surface area contributed by atoms with Crippen molar-refractivity contribution in [3.05, 3.63) is 0 Å². The smallest absolute Gasteiger partial charge is 0.312 e. The number of nitrogens with zero attached hydrogens (tertiary/aromatic N) is 1. The topological polar surface area (TPSA) is 58.6 Å². The number of ether oxygens (including phenoxy) is 1. The molecule has 3 aliphatic rings. The molecule has 4 atom stereocenters. The number of nitrogens with one attached hydrogen (secondary N) is 1. The summed E-state index contributed by atoms with van der Waals surface area (Å²) >= 11 is 0.